The van der Waals surface area contributed by atoms with E-state index in [1.165, 1.54) is 16.8 Å². The predicted octanol–water partition coefficient (Wildman–Crippen LogP) is 2.85. The number of piperidine rings is 1. The number of likely N-dealkylation sites (tertiary alicyclic amines) is 1. The zero-order valence-electron chi connectivity index (χ0n) is 18.1. The number of carbonyl (C=O) groups excluding carboxylic acids is 1. The molecule has 1 N–H and O–H groups in total. The molecule has 2 aromatic heterocycles. The van der Waals surface area contributed by atoms with Crippen LogP contribution in [-0.2, 0) is 18.0 Å². The van der Waals surface area contributed by atoms with E-state index in [1.54, 1.807) is 11.9 Å². The molecular weight excluding hydrogens is 457 g/mol. The standard InChI is InChI=1S/C20H21F3N8O3/c1-30-17(26-28-29-30)25-18(32)31-8-6-19(7-9-31)10-13(11-33-19)15-24-16(34-27-15)12-2-4-14(5-3-12)20(21,22)23/h2-5,13H,6-11H2,1H3,(H,25,26,29,32). The molecule has 2 saturated heterocycles. The number of halogens is 3. The number of aromatic nitrogens is 6. The Morgan fingerprint density at radius 2 is 1.94 bits per heavy atom. The van der Waals surface area contributed by atoms with E-state index in [9.17, 15) is 18.0 Å². The zero-order chi connectivity index (χ0) is 23.9. The van der Waals surface area contributed by atoms with Gasteiger partial charge in [0.1, 0.15) is 0 Å². The maximum atomic E-state index is 12.8. The SMILES string of the molecule is Cn1nnnc1NC(=O)N1CCC2(CC1)CC(c1noc(-c3ccc(C(F)(F)F)cc3)n1)CO2. The molecule has 0 bridgehead atoms. The fourth-order valence-corrected chi connectivity index (χ4v) is 4.31. The van der Waals surface area contributed by atoms with Crippen LogP contribution < -0.4 is 5.32 Å². The number of hydrogen-bond donors (Lipinski definition) is 1. The van der Waals surface area contributed by atoms with Gasteiger partial charge in [0.15, 0.2) is 5.82 Å². The van der Waals surface area contributed by atoms with Crippen LogP contribution in [0.25, 0.3) is 11.5 Å². The second kappa shape index (κ2) is 8.34. The summed E-state index contributed by atoms with van der Waals surface area (Å²) in [6.45, 7) is 1.42. The summed E-state index contributed by atoms with van der Waals surface area (Å²) in [7, 11) is 1.63. The van der Waals surface area contributed by atoms with Gasteiger partial charge in [0.2, 0.25) is 0 Å². The number of anilines is 1. The normalized spacial score (nSPS) is 20.1. The van der Waals surface area contributed by atoms with E-state index in [2.05, 4.69) is 31.0 Å². The van der Waals surface area contributed by atoms with Gasteiger partial charge in [-0.05, 0) is 54.0 Å². The largest absolute Gasteiger partial charge is 0.416 e. The van der Waals surface area contributed by atoms with Crippen LogP contribution in [0.15, 0.2) is 28.8 Å². The van der Waals surface area contributed by atoms with Gasteiger partial charge >= 0.3 is 12.2 Å². The minimum atomic E-state index is -4.41. The number of alkyl halides is 3. The quantitative estimate of drug-likeness (QED) is 0.610. The number of nitrogens with zero attached hydrogens (tertiary/aromatic N) is 7. The molecule has 4 heterocycles. The molecule has 11 nitrogen and oxygen atoms in total. The van der Waals surface area contributed by atoms with Crippen molar-refractivity contribution in [1.82, 2.24) is 35.2 Å². The van der Waals surface area contributed by atoms with Crippen LogP contribution in [-0.4, -0.2) is 66.6 Å². The molecule has 2 amide bonds. The number of hydrogen-bond acceptors (Lipinski definition) is 8. The van der Waals surface area contributed by atoms with Crippen LogP contribution in [0.1, 0.15) is 36.6 Å². The maximum absolute atomic E-state index is 12.8. The summed E-state index contributed by atoms with van der Waals surface area (Å²) in [5.41, 5.74) is -0.712. The Kier molecular flexibility index (Phi) is 5.46. The third-order valence-electron chi connectivity index (χ3n) is 6.28. The Balaban J connectivity index is 1.19. The average Bonchev–Trinajstić information content (AvgIpc) is 3.55. The molecule has 14 heteroatoms. The minimum Gasteiger partial charge on any atom is -0.374 e. The summed E-state index contributed by atoms with van der Waals surface area (Å²) in [6.07, 6.45) is -2.44. The number of benzene rings is 1. The first-order chi connectivity index (χ1) is 16.2. The summed E-state index contributed by atoms with van der Waals surface area (Å²) in [6, 6.07) is 4.31. The third-order valence-corrected chi connectivity index (χ3v) is 6.28. The van der Waals surface area contributed by atoms with Gasteiger partial charge in [-0.1, -0.05) is 10.3 Å². The van der Waals surface area contributed by atoms with Gasteiger partial charge in [-0.3, -0.25) is 5.32 Å². The molecule has 180 valence electrons. The molecule has 2 aliphatic rings. The van der Waals surface area contributed by atoms with Gasteiger partial charge in [-0.2, -0.15) is 18.2 Å². The fraction of sp³-hybridized carbons (Fsp3) is 0.500. The van der Waals surface area contributed by atoms with Gasteiger partial charge in [-0.15, -0.1) is 0 Å². The number of aryl methyl sites for hydroxylation is 1. The topological polar surface area (TPSA) is 124 Å². The molecule has 0 saturated carbocycles. The van der Waals surface area contributed by atoms with Crippen LogP contribution >= 0.6 is 0 Å². The Morgan fingerprint density at radius 1 is 1.21 bits per heavy atom. The van der Waals surface area contributed by atoms with E-state index in [-0.39, 0.29) is 29.4 Å². The first-order valence-electron chi connectivity index (χ1n) is 10.7. The third kappa shape index (κ3) is 4.32. The van der Waals surface area contributed by atoms with Crippen LogP contribution in [0.3, 0.4) is 0 Å². The Morgan fingerprint density at radius 3 is 2.59 bits per heavy atom. The maximum Gasteiger partial charge on any atom is 0.416 e. The molecule has 2 aliphatic heterocycles. The average molecular weight is 478 g/mol. The Bertz CT molecular complexity index is 1170. The van der Waals surface area contributed by atoms with Gasteiger partial charge in [0, 0.05) is 31.6 Å². The second-order valence-electron chi connectivity index (χ2n) is 8.47. The molecule has 0 aliphatic carbocycles. The van der Waals surface area contributed by atoms with Crippen LogP contribution in [0, 0.1) is 0 Å². The lowest BCUT2D eigenvalue weighted by molar-refractivity contribution is -0.137. The molecule has 1 spiro atoms. The smallest absolute Gasteiger partial charge is 0.374 e. The van der Waals surface area contributed by atoms with Crippen LogP contribution in [0.5, 0.6) is 0 Å². The van der Waals surface area contributed by atoms with Crippen molar-refractivity contribution in [3.05, 3.63) is 35.7 Å². The van der Waals surface area contributed by atoms with Crippen molar-refractivity contribution in [2.75, 3.05) is 25.0 Å². The van der Waals surface area contributed by atoms with Crippen molar-refractivity contribution >= 4 is 12.0 Å². The summed E-state index contributed by atoms with van der Waals surface area (Å²) < 4.78 is 51.1. The molecule has 3 aromatic rings. The lowest BCUT2D eigenvalue weighted by atomic mass is 9.85. The van der Waals surface area contributed by atoms with Crippen molar-refractivity contribution in [3.8, 4) is 11.5 Å². The first kappa shape index (κ1) is 22.3. The van der Waals surface area contributed by atoms with Crippen molar-refractivity contribution in [2.24, 2.45) is 7.05 Å². The van der Waals surface area contributed by atoms with Crippen LogP contribution in [0.4, 0.5) is 23.9 Å². The second-order valence-corrected chi connectivity index (χ2v) is 8.47. The lowest BCUT2D eigenvalue weighted by Gasteiger charge is -2.38. The van der Waals surface area contributed by atoms with Gasteiger partial charge in [0.25, 0.3) is 11.8 Å². The van der Waals surface area contributed by atoms with Crippen LogP contribution in [0.2, 0.25) is 0 Å². The summed E-state index contributed by atoms with van der Waals surface area (Å²) in [5, 5.41) is 17.6. The number of rotatable bonds is 3. The van der Waals surface area contributed by atoms with Crippen molar-refractivity contribution in [1.29, 1.82) is 0 Å². The summed E-state index contributed by atoms with van der Waals surface area (Å²) in [5.74, 6) is 0.789. The number of tetrazole rings is 1. The number of ether oxygens (including phenoxy) is 1. The van der Waals surface area contributed by atoms with E-state index in [4.69, 9.17) is 9.26 Å². The van der Waals surface area contributed by atoms with Crippen molar-refractivity contribution in [3.63, 3.8) is 0 Å². The predicted molar refractivity (Wildman–Crippen MR) is 109 cm³/mol. The van der Waals surface area contributed by atoms with Gasteiger partial charge < -0.3 is 14.2 Å². The Labute approximate surface area is 191 Å². The highest BCUT2D eigenvalue weighted by Crippen LogP contribution is 2.42. The molecule has 5 rings (SSSR count). The van der Waals surface area contributed by atoms with Gasteiger partial charge in [0.05, 0.1) is 17.8 Å². The van der Waals surface area contributed by atoms with Crippen molar-refractivity contribution < 1.29 is 27.2 Å². The van der Waals surface area contributed by atoms with E-state index < -0.39 is 11.7 Å². The summed E-state index contributed by atoms with van der Waals surface area (Å²) >= 11 is 0. The molecule has 1 aromatic carbocycles. The number of carbonyl (C=O) groups is 1. The van der Waals surface area contributed by atoms with Gasteiger partial charge in [-0.25, -0.2) is 9.48 Å². The highest BCUT2D eigenvalue weighted by Gasteiger charge is 2.45. The molecule has 0 radical (unpaired) electrons. The zero-order valence-corrected chi connectivity index (χ0v) is 18.1. The van der Waals surface area contributed by atoms with E-state index in [0.29, 0.717) is 50.3 Å². The molecule has 2 fully saturated rings. The summed E-state index contributed by atoms with van der Waals surface area (Å²) in [4.78, 5) is 18.6. The first-order valence-corrected chi connectivity index (χ1v) is 10.7. The number of nitrogens with one attached hydrogen (secondary N) is 1. The minimum absolute atomic E-state index is 0.1000. The van der Waals surface area contributed by atoms with E-state index in [1.807, 2.05) is 0 Å². The van der Waals surface area contributed by atoms with Crippen molar-refractivity contribution in [2.45, 2.75) is 37.0 Å². The lowest BCUT2D eigenvalue weighted by Crippen LogP contribution is -2.48. The molecule has 1 atom stereocenters. The van der Waals surface area contributed by atoms with E-state index >= 15 is 0 Å². The molecular formula is C20H21F3N8O3. The highest BCUT2D eigenvalue weighted by atomic mass is 19.4. The Hall–Kier alpha value is -3.55. The highest BCUT2D eigenvalue weighted by molar-refractivity contribution is 5.87. The number of urea groups is 1. The molecule has 1 unspecified atom stereocenters. The number of amides is 2. The van der Waals surface area contributed by atoms with E-state index in [0.717, 1.165) is 12.1 Å². The fourth-order valence-electron chi connectivity index (χ4n) is 4.31. The monoisotopic (exact) mass is 478 g/mol. The molecule has 34 heavy (non-hydrogen) atoms.